The smallest absolute Gasteiger partial charge is 0.410 e. The van der Waals surface area contributed by atoms with E-state index in [0.29, 0.717) is 36.9 Å². The summed E-state index contributed by atoms with van der Waals surface area (Å²) in [5.74, 6) is -0.667. The predicted molar refractivity (Wildman–Crippen MR) is 154 cm³/mol. The number of aryl methyl sites for hydroxylation is 1. The number of rotatable bonds is 5. The number of nitrogens with one attached hydrogen (secondary N) is 1. The third-order valence-corrected chi connectivity index (χ3v) is 8.43. The van der Waals surface area contributed by atoms with E-state index in [1.165, 1.54) is 24.5 Å². The number of likely N-dealkylation sites (tertiary alicyclic amines) is 1. The van der Waals surface area contributed by atoms with Gasteiger partial charge in [0.15, 0.2) is 23.1 Å². The van der Waals surface area contributed by atoms with Crippen LogP contribution in [-0.2, 0) is 14.8 Å². The van der Waals surface area contributed by atoms with E-state index in [0.717, 1.165) is 15.7 Å². The second-order valence-corrected chi connectivity index (χ2v) is 13.2. The minimum atomic E-state index is -4.03. The fourth-order valence-corrected chi connectivity index (χ4v) is 6.10. The molecule has 1 aromatic carbocycles. The molecule has 0 spiro atoms. The van der Waals surface area contributed by atoms with E-state index in [9.17, 15) is 17.6 Å². The van der Waals surface area contributed by atoms with Crippen LogP contribution in [0.5, 0.6) is 0 Å². The highest BCUT2D eigenvalue weighted by Crippen LogP contribution is 2.33. The number of fused-ring (bicyclic) bond motifs is 1. The van der Waals surface area contributed by atoms with Crippen LogP contribution in [0.15, 0.2) is 53.8 Å². The molecule has 0 aliphatic carbocycles. The second-order valence-electron chi connectivity index (χ2n) is 11.0. The Labute approximate surface area is 242 Å². The maximum absolute atomic E-state index is 14.9. The van der Waals surface area contributed by atoms with Gasteiger partial charge in [-0.05, 0) is 58.7 Å². The number of hydrogen-bond acceptors (Lipinski definition) is 8. The number of nitrogens with zero attached hydrogens (tertiary/aromatic N) is 5. The van der Waals surface area contributed by atoms with Gasteiger partial charge in [-0.1, -0.05) is 29.3 Å². The van der Waals surface area contributed by atoms with Crippen molar-refractivity contribution in [3.63, 3.8) is 0 Å². The number of benzene rings is 1. The van der Waals surface area contributed by atoms with Gasteiger partial charge >= 0.3 is 6.09 Å². The SMILES string of the molecule is Cc1ccc(S(=O)(=O)n2cc(-c3ncc(F)c(NC4CCCN(C(=O)OC(C)(C)C)C4)n3)c3cc(Cl)cnc32)cc1. The van der Waals surface area contributed by atoms with E-state index >= 15 is 0 Å². The average molecular weight is 601 g/mol. The molecule has 5 rings (SSSR count). The van der Waals surface area contributed by atoms with E-state index in [1.54, 1.807) is 43.9 Å². The Morgan fingerprint density at radius 1 is 1.17 bits per heavy atom. The lowest BCUT2D eigenvalue weighted by Gasteiger charge is -2.34. The Morgan fingerprint density at radius 3 is 2.61 bits per heavy atom. The van der Waals surface area contributed by atoms with Gasteiger partial charge in [-0.2, -0.15) is 0 Å². The zero-order valence-corrected chi connectivity index (χ0v) is 24.6. The maximum atomic E-state index is 14.9. The number of hydrogen-bond donors (Lipinski definition) is 1. The van der Waals surface area contributed by atoms with Crippen LogP contribution in [-0.4, -0.2) is 63.1 Å². The van der Waals surface area contributed by atoms with Crippen molar-refractivity contribution in [3.8, 4) is 11.4 Å². The van der Waals surface area contributed by atoms with E-state index < -0.39 is 27.5 Å². The number of anilines is 1. The minimum absolute atomic E-state index is 0.0664. The van der Waals surface area contributed by atoms with E-state index in [-0.39, 0.29) is 33.2 Å². The highest BCUT2D eigenvalue weighted by Gasteiger charge is 2.29. The van der Waals surface area contributed by atoms with Crippen molar-refractivity contribution in [1.29, 1.82) is 0 Å². The molecule has 0 saturated carbocycles. The summed E-state index contributed by atoms with van der Waals surface area (Å²) < 4.78 is 48.6. The number of pyridine rings is 1. The molecule has 3 aromatic heterocycles. The molecule has 1 saturated heterocycles. The zero-order chi connectivity index (χ0) is 29.5. The number of piperidine rings is 1. The maximum Gasteiger partial charge on any atom is 0.410 e. The number of amides is 1. The predicted octanol–water partition coefficient (Wildman–Crippen LogP) is 5.64. The van der Waals surface area contributed by atoms with Gasteiger partial charge < -0.3 is 15.0 Å². The van der Waals surface area contributed by atoms with Gasteiger partial charge in [0.2, 0.25) is 0 Å². The topological polar surface area (TPSA) is 119 Å². The lowest BCUT2D eigenvalue weighted by Crippen LogP contribution is -2.47. The number of aromatic nitrogens is 4. The molecule has 1 unspecified atom stereocenters. The molecule has 1 amide bonds. The van der Waals surface area contributed by atoms with Crippen molar-refractivity contribution in [1.82, 2.24) is 23.8 Å². The molecule has 4 aromatic rings. The molecule has 0 radical (unpaired) electrons. The molecule has 1 fully saturated rings. The van der Waals surface area contributed by atoms with Gasteiger partial charge in [0, 0.05) is 42.5 Å². The average Bonchev–Trinajstić information content (AvgIpc) is 3.29. The summed E-state index contributed by atoms with van der Waals surface area (Å²) in [4.78, 5) is 27.1. The van der Waals surface area contributed by atoms with Gasteiger partial charge in [0.25, 0.3) is 10.0 Å². The Hall–Kier alpha value is -3.77. The lowest BCUT2D eigenvalue weighted by atomic mass is 10.1. The first kappa shape index (κ1) is 28.7. The van der Waals surface area contributed by atoms with E-state index in [1.807, 2.05) is 6.92 Å². The van der Waals surface area contributed by atoms with Crippen LogP contribution in [0, 0.1) is 12.7 Å². The Bertz CT molecular complexity index is 1720. The van der Waals surface area contributed by atoms with Crippen molar-refractivity contribution >= 4 is 44.6 Å². The molecular weight excluding hydrogens is 571 g/mol. The summed E-state index contributed by atoms with van der Waals surface area (Å²) in [6.07, 6.45) is 4.70. The molecule has 1 atom stereocenters. The molecule has 4 heterocycles. The Morgan fingerprint density at radius 2 is 1.90 bits per heavy atom. The van der Waals surface area contributed by atoms with Crippen molar-refractivity contribution in [2.75, 3.05) is 18.4 Å². The highest BCUT2D eigenvalue weighted by atomic mass is 35.5. The monoisotopic (exact) mass is 600 g/mol. The molecular formula is C28H30ClFN6O4S. The quantitative estimate of drug-likeness (QED) is 0.312. The highest BCUT2D eigenvalue weighted by molar-refractivity contribution is 7.90. The van der Waals surface area contributed by atoms with Crippen LogP contribution < -0.4 is 5.32 Å². The van der Waals surface area contributed by atoms with Gasteiger partial charge in [-0.15, -0.1) is 0 Å². The largest absolute Gasteiger partial charge is 0.444 e. The first-order valence-electron chi connectivity index (χ1n) is 13.1. The molecule has 1 N–H and O–H groups in total. The Kier molecular flexibility index (Phi) is 7.64. The molecule has 13 heteroatoms. The minimum Gasteiger partial charge on any atom is -0.444 e. The zero-order valence-electron chi connectivity index (χ0n) is 23.1. The molecule has 1 aliphatic rings. The lowest BCUT2D eigenvalue weighted by molar-refractivity contribution is 0.0206. The van der Waals surface area contributed by atoms with Crippen LogP contribution in [0.2, 0.25) is 5.02 Å². The fraction of sp³-hybridized carbons (Fsp3) is 0.357. The fourth-order valence-electron chi connectivity index (χ4n) is 4.62. The summed E-state index contributed by atoms with van der Waals surface area (Å²) in [7, 11) is -4.03. The van der Waals surface area contributed by atoms with Crippen LogP contribution in [0.25, 0.3) is 22.4 Å². The Balaban J connectivity index is 1.49. The van der Waals surface area contributed by atoms with Crippen LogP contribution in [0.1, 0.15) is 39.2 Å². The molecule has 1 aliphatic heterocycles. The first-order chi connectivity index (χ1) is 19.3. The summed E-state index contributed by atoms with van der Waals surface area (Å²) >= 11 is 6.22. The van der Waals surface area contributed by atoms with Crippen molar-refractivity contribution in [2.45, 2.75) is 57.1 Å². The van der Waals surface area contributed by atoms with Gasteiger partial charge in [0.1, 0.15) is 5.60 Å². The van der Waals surface area contributed by atoms with Crippen LogP contribution in [0.4, 0.5) is 15.0 Å². The summed E-state index contributed by atoms with van der Waals surface area (Å²) in [5.41, 5.74) is 0.730. The molecule has 0 bridgehead atoms. The standard InChI is InChI=1S/C28H30ClFN6O4S/c1-17-7-9-20(10-8-17)41(38,39)36-16-22(21-12-18(29)13-32-26(21)36)24-31-14-23(30)25(34-24)33-19-6-5-11-35(15-19)27(37)40-28(2,3)4/h7-10,12-14,16,19H,5-6,11,15H2,1-4H3,(H,31,33,34). The third kappa shape index (κ3) is 6.13. The van der Waals surface area contributed by atoms with Crippen molar-refractivity contribution < 1.29 is 22.3 Å². The van der Waals surface area contributed by atoms with Gasteiger partial charge in [0.05, 0.1) is 16.1 Å². The third-order valence-electron chi connectivity index (χ3n) is 6.56. The molecule has 10 nitrogen and oxygen atoms in total. The van der Waals surface area contributed by atoms with Crippen LogP contribution in [0.3, 0.4) is 0 Å². The summed E-state index contributed by atoms with van der Waals surface area (Å²) in [5, 5.41) is 3.77. The number of carbonyl (C=O) groups is 1. The van der Waals surface area contributed by atoms with Crippen molar-refractivity contribution in [3.05, 3.63) is 65.3 Å². The molecule has 41 heavy (non-hydrogen) atoms. The van der Waals surface area contributed by atoms with E-state index in [2.05, 4.69) is 20.3 Å². The van der Waals surface area contributed by atoms with E-state index in [4.69, 9.17) is 16.3 Å². The summed E-state index contributed by atoms with van der Waals surface area (Å²) in [6.45, 7) is 8.11. The number of ether oxygens (including phenoxy) is 1. The van der Waals surface area contributed by atoms with Crippen LogP contribution >= 0.6 is 11.6 Å². The number of halogens is 2. The van der Waals surface area contributed by atoms with Gasteiger partial charge in [-0.25, -0.2) is 36.5 Å². The van der Waals surface area contributed by atoms with Crippen molar-refractivity contribution in [2.24, 2.45) is 0 Å². The molecule has 216 valence electrons. The first-order valence-corrected chi connectivity index (χ1v) is 14.9. The normalized spacial score (nSPS) is 16.1. The summed E-state index contributed by atoms with van der Waals surface area (Å²) in [6, 6.07) is 7.74. The van der Waals surface area contributed by atoms with Gasteiger partial charge in [-0.3, -0.25) is 0 Å². The number of carbonyl (C=O) groups excluding carboxylic acids is 1. The second kappa shape index (κ2) is 10.9.